The second-order valence-electron chi connectivity index (χ2n) is 5.02. The fourth-order valence-corrected chi connectivity index (χ4v) is 2.15. The van der Waals surface area contributed by atoms with E-state index in [4.69, 9.17) is 11.6 Å². The van der Waals surface area contributed by atoms with Crippen LogP contribution in [0.15, 0.2) is 18.2 Å². The zero-order chi connectivity index (χ0) is 16.0. The number of halogens is 1. The summed E-state index contributed by atoms with van der Waals surface area (Å²) < 4.78 is 0. The Bertz CT molecular complexity index is 522. The minimum atomic E-state index is -0.530. The highest BCUT2D eigenvalue weighted by Crippen LogP contribution is 2.26. The van der Waals surface area contributed by atoms with Crippen molar-refractivity contribution in [2.24, 2.45) is 0 Å². The normalized spacial score (nSPS) is 12.2. The van der Waals surface area contributed by atoms with E-state index < -0.39 is 4.92 Å². The predicted molar refractivity (Wildman–Crippen MR) is 83.7 cm³/mol. The Kier molecular flexibility index (Phi) is 6.58. The number of non-ortho nitro benzene ring substituents is 1. The summed E-state index contributed by atoms with van der Waals surface area (Å²) in [6.07, 6.45) is 2.07. The molecule has 1 atom stereocenters. The van der Waals surface area contributed by atoms with E-state index in [1.54, 1.807) is 0 Å². The molecule has 6 nitrogen and oxygen atoms in total. The number of hydrogen-bond donors (Lipinski definition) is 1. The van der Waals surface area contributed by atoms with E-state index in [0.717, 1.165) is 12.8 Å². The number of nitro benzene ring substituents is 1. The lowest BCUT2D eigenvalue weighted by Gasteiger charge is -2.23. The number of carbonyl (C=O) groups is 1. The number of nitro groups is 1. The molecule has 0 aliphatic heterocycles. The Morgan fingerprint density at radius 3 is 2.71 bits per heavy atom. The molecule has 1 N–H and O–H groups in total. The van der Waals surface area contributed by atoms with Crippen molar-refractivity contribution in [1.82, 2.24) is 4.90 Å². The topological polar surface area (TPSA) is 75.5 Å². The molecule has 0 heterocycles. The quantitative estimate of drug-likeness (QED) is 0.619. The standard InChI is InChI=1S/C14H20ClN3O3/c1-4-5-10(2)17(3)9-14(19)16-13-7-6-11(18(20)21)8-12(13)15/h6-8,10H,4-5,9H2,1-3H3,(H,16,19). The van der Waals surface area contributed by atoms with Crippen LogP contribution < -0.4 is 5.32 Å². The summed E-state index contributed by atoms with van der Waals surface area (Å²) in [7, 11) is 1.89. The fourth-order valence-electron chi connectivity index (χ4n) is 1.93. The van der Waals surface area contributed by atoms with Crippen LogP contribution in [0.3, 0.4) is 0 Å². The van der Waals surface area contributed by atoms with E-state index >= 15 is 0 Å². The van der Waals surface area contributed by atoms with Crippen LogP contribution in [0.5, 0.6) is 0 Å². The molecule has 0 saturated heterocycles. The summed E-state index contributed by atoms with van der Waals surface area (Å²) >= 11 is 5.93. The number of anilines is 1. The average molecular weight is 314 g/mol. The monoisotopic (exact) mass is 313 g/mol. The first kappa shape index (κ1) is 17.4. The molecule has 1 rings (SSSR count). The third kappa shape index (κ3) is 5.32. The van der Waals surface area contributed by atoms with Crippen LogP contribution in [0.1, 0.15) is 26.7 Å². The maximum Gasteiger partial charge on any atom is 0.271 e. The van der Waals surface area contributed by atoms with Crippen LogP contribution in [0, 0.1) is 10.1 Å². The van der Waals surface area contributed by atoms with E-state index in [1.807, 2.05) is 11.9 Å². The summed E-state index contributed by atoms with van der Waals surface area (Å²) in [6, 6.07) is 4.28. The molecule has 1 unspecified atom stereocenters. The van der Waals surface area contributed by atoms with Crippen molar-refractivity contribution in [2.45, 2.75) is 32.7 Å². The number of hydrogen-bond acceptors (Lipinski definition) is 4. The molecule has 0 aromatic heterocycles. The number of nitrogens with zero attached hydrogens (tertiary/aromatic N) is 2. The van der Waals surface area contributed by atoms with Gasteiger partial charge in [-0.1, -0.05) is 24.9 Å². The first-order valence-electron chi connectivity index (χ1n) is 6.79. The minimum absolute atomic E-state index is 0.105. The van der Waals surface area contributed by atoms with Gasteiger partial charge in [0.1, 0.15) is 0 Å². The van der Waals surface area contributed by atoms with Gasteiger partial charge in [-0.05, 0) is 26.5 Å². The Labute approximate surface area is 129 Å². The molecule has 0 radical (unpaired) electrons. The molecule has 7 heteroatoms. The third-order valence-electron chi connectivity index (χ3n) is 3.29. The number of amides is 1. The van der Waals surface area contributed by atoms with Crippen LogP contribution in [0.2, 0.25) is 5.02 Å². The molecule has 0 saturated carbocycles. The lowest BCUT2D eigenvalue weighted by molar-refractivity contribution is -0.384. The van der Waals surface area contributed by atoms with Gasteiger partial charge in [0.2, 0.25) is 5.91 Å². The van der Waals surface area contributed by atoms with Crippen LogP contribution in [0.25, 0.3) is 0 Å². The highest BCUT2D eigenvalue weighted by atomic mass is 35.5. The predicted octanol–water partition coefficient (Wildman–Crippen LogP) is 3.31. The summed E-state index contributed by atoms with van der Waals surface area (Å²) in [5, 5.41) is 13.4. The number of benzene rings is 1. The van der Waals surface area contributed by atoms with Gasteiger partial charge in [0.05, 0.1) is 22.2 Å². The zero-order valence-corrected chi connectivity index (χ0v) is 13.2. The molecule has 0 aliphatic carbocycles. The lowest BCUT2D eigenvalue weighted by atomic mass is 10.2. The molecule has 0 aliphatic rings. The van der Waals surface area contributed by atoms with Gasteiger partial charge in [0, 0.05) is 18.2 Å². The number of rotatable bonds is 7. The van der Waals surface area contributed by atoms with E-state index in [1.165, 1.54) is 18.2 Å². The van der Waals surface area contributed by atoms with Crippen LogP contribution in [-0.4, -0.2) is 35.4 Å². The van der Waals surface area contributed by atoms with E-state index in [2.05, 4.69) is 19.2 Å². The maximum absolute atomic E-state index is 12.0. The highest BCUT2D eigenvalue weighted by Gasteiger charge is 2.15. The SMILES string of the molecule is CCCC(C)N(C)CC(=O)Nc1ccc([N+](=O)[O-])cc1Cl. The fraction of sp³-hybridized carbons (Fsp3) is 0.500. The van der Waals surface area contributed by atoms with E-state index in [-0.39, 0.29) is 23.2 Å². The van der Waals surface area contributed by atoms with Crippen molar-refractivity contribution < 1.29 is 9.72 Å². The van der Waals surface area contributed by atoms with Crippen molar-refractivity contribution in [3.8, 4) is 0 Å². The summed E-state index contributed by atoms with van der Waals surface area (Å²) in [5.41, 5.74) is 0.274. The lowest BCUT2D eigenvalue weighted by Crippen LogP contribution is -2.36. The van der Waals surface area contributed by atoms with Crippen LogP contribution >= 0.6 is 11.6 Å². The van der Waals surface area contributed by atoms with Gasteiger partial charge in [-0.25, -0.2) is 0 Å². The second-order valence-corrected chi connectivity index (χ2v) is 5.43. The van der Waals surface area contributed by atoms with Crippen LogP contribution in [-0.2, 0) is 4.79 Å². The first-order chi connectivity index (χ1) is 9.85. The molecular formula is C14H20ClN3O3. The molecule has 1 amide bonds. The van der Waals surface area contributed by atoms with Crippen LogP contribution in [0.4, 0.5) is 11.4 Å². The molecule has 1 aromatic rings. The summed E-state index contributed by atoms with van der Waals surface area (Å²) in [6.45, 7) is 4.41. The number of likely N-dealkylation sites (N-methyl/N-ethyl adjacent to an activating group) is 1. The molecule has 1 aromatic carbocycles. The molecule has 116 valence electrons. The third-order valence-corrected chi connectivity index (χ3v) is 3.60. The van der Waals surface area contributed by atoms with Crippen molar-refractivity contribution in [2.75, 3.05) is 18.9 Å². The first-order valence-corrected chi connectivity index (χ1v) is 7.17. The van der Waals surface area contributed by atoms with Crippen molar-refractivity contribution in [1.29, 1.82) is 0 Å². The molecule has 21 heavy (non-hydrogen) atoms. The van der Waals surface area contributed by atoms with Gasteiger partial charge in [0.25, 0.3) is 5.69 Å². The average Bonchev–Trinajstić information content (AvgIpc) is 2.40. The van der Waals surface area contributed by atoms with Gasteiger partial charge in [-0.2, -0.15) is 0 Å². The van der Waals surface area contributed by atoms with Crippen molar-refractivity contribution in [3.63, 3.8) is 0 Å². The number of nitrogens with one attached hydrogen (secondary N) is 1. The smallest absolute Gasteiger partial charge is 0.271 e. The van der Waals surface area contributed by atoms with Gasteiger partial charge in [-0.3, -0.25) is 19.8 Å². The zero-order valence-electron chi connectivity index (χ0n) is 12.4. The molecular weight excluding hydrogens is 294 g/mol. The van der Waals surface area contributed by atoms with Crippen molar-refractivity contribution in [3.05, 3.63) is 33.3 Å². The molecule has 0 bridgehead atoms. The van der Waals surface area contributed by atoms with Crippen molar-refractivity contribution >= 4 is 28.9 Å². The van der Waals surface area contributed by atoms with E-state index in [9.17, 15) is 14.9 Å². The Morgan fingerprint density at radius 1 is 1.52 bits per heavy atom. The van der Waals surface area contributed by atoms with Gasteiger partial charge >= 0.3 is 0 Å². The van der Waals surface area contributed by atoms with E-state index in [0.29, 0.717) is 11.7 Å². The van der Waals surface area contributed by atoms with Gasteiger partial charge in [0.15, 0.2) is 0 Å². The van der Waals surface area contributed by atoms with Gasteiger partial charge in [-0.15, -0.1) is 0 Å². The Hall–Kier alpha value is -1.66. The largest absolute Gasteiger partial charge is 0.324 e. The maximum atomic E-state index is 12.0. The van der Waals surface area contributed by atoms with Gasteiger partial charge < -0.3 is 5.32 Å². The Morgan fingerprint density at radius 2 is 2.19 bits per heavy atom. The second kappa shape index (κ2) is 7.95. The summed E-state index contributed by atoms with van der Waals surface area (Å²) in [4.78, 5) is 24.0. The summed E-state index contributed by atoms with van der Waals surface area (Å²) in [5.74, 6) is -0.198. The minimum Gasteiger partial charge on any atom is -0.324 e. The molecule has 0 fully saturated rings. The Balaban J connectivity index is 2.65. The number of carbonyl (C=O) groups excluding carboxylic acids is 1. The highest BCUT2D eigenvalue weighted by molar-refractivity contribution is 6.34. The molecule has 0 spiro atoms.